The number of nitro benzene ring substituents is 1. The molecule has 0 spiro atoms. The van der Waals surface area contributed by atoms with Crippen molar-refractivity contribution < 1.29 is 19.2 Å². The second kappa shape index (κ2) is 9.21. The summed E-state index contributed by atoms with van der Waals surface area (Å²) in [6, 6.07) is 2.39. The van der Waals surface area contributed by atoms with Crippen molar-refractivity contribution >= 4 is 28.8 Å². The molecule has 29 heavy (non-hydrogen) atoms. The molecule has 1 atom stereocenters. The van der Waals surface area contributed by atoms with Crippen LogP contribution in [-0.4, -0.2) is 29.0 Å². The number of hydrogen-bond donors (Lipinski definition) is 2. The molecule has 1 aliphatic carbocycles. The Balaban J connectivity index is 2.14. The predicted octanol–water partition coefficient (Wildman–Crippen LogP) is 3.70. The van der Waals surface area contributed by atoms with Crippen molar-refractivity contribution in [2.45, 2.75) is 52.0 Å². The first-order valence-electron chi connectivity index (χ1n) is 9.87. The summed E-state index contributed by atoms with van der Waals surface area (Å²) in [5, 5.41) is 18.3. The van der Waals surface area contributed by atoms with Gasteiger partial charge >= 0.3 is 5.69 Å². The number of rotatable bonds is 8. The van der Waals surface area contributed by atoms with Crippen LogP contribution in [-0.2, 0) is 4.79 Å². The zero-order valence-corrected chi connectivity index (χ0v) is 17.4. The van der Waals surface area contributed by atoms with E-state index in [2.05, 4.69) is 10.6 Å². The number of ether oxygens (including phenoxy) is 2. The van der Waals surface area contributed by atoms with Crippen molar-refractivity contribution in [2.24, 2.45) is 0 Å². The van der Waals surface area contributed by atoms with Gasteiger partial charge < -0.3 is 20.1 Å². The third-order valence-electron chi connectivity index (χ3n) is 4.81. The van der Waals surface area contributed by atoms with Gasteiger partial charge in [-0.1, -0.05) is 13.8 Å². The molecule has 0 aromatic heterocycles. The molecule has 1 heterocycles. The van der Waals surface area contributed by atoms with Crippen LogP contribution in [0.1, 0.15) is 57.6 Å². The fourth-order valence-corrected chi connectivity index (χ4v) is 3.78. The van der Waals surface area contributed by atoms with Crippen LogP contribution < -0.4 is 20.1 Å². The Morgan fingerprint density at radius 3 is 2.52 bits per heavy atom. The lowest BCUT2D eigenvalue weighted by molar-refractivity contribution is -0.386. The lowest BCUT2D eigenvalue weighted by atomic mass is 9.85. The van der Waals surface area contributed by atoms with Gasteiger partial charge in [0.1, 0.15) is 5.75 Å². The Morgan fingerprint density at radius 2 is 1.86 bits per heavy atom. The highest BCUT2D eigenvalue weighted by Crippen LogP contribution is 2.42. The summed E-state index contributed by atoms with van der Waals surface area (Å²) in [4.78, 5) is 23.9. The molecule has 2 N–H and O–H groups in total. The Hall–Kier alpha value is -2.68. The monoisotopic (exact) mass is 419 g/mol. The van der Waals surface area contributed by atoms with E-state index in [1.165, 1.54) is 6.07 Å². The SMILES string of the molecule is CCCOc1cc(OCCC)c([N+](=O)[O-])cc1C1NC(=S)NC2=C1C(=O)CCC2. The Bertz CT molecular complexity index is 868. The van der Waals surface area contributed by atoms with Crippen LogP contribution in [0.3, 0.4) is 0 Å². The highest BCUT2D eigenvalue weighted by atomic mass is 32.1. The van der Waals surface area contributed by atoms with E-state index in [4.69, 9.17) is 21.7 Å². The number of thiocarbonyl (C=S) groups is 1. The maximum absolute atomic E-state index is 12.7. The first kappa shape index (κ1) is 21.0. The van der Waals surface area contributed by atoms with Gasteiger partial charge in [-0.25, -0.2) is 0 Å². The minimum Gasteiger partial charge on any atom is -0.493 e. The van der Waals surface area contributed by atoms with E-state index in [-0.39, 0.29) is 17.2 Å². The van der Waals surface area contributed by atoms with E-state index in [9.17, 15) is 14.9 Å². The van der Waals surface area contributed by atoms with Crippen LogP contribution in [0.2, 0.25) is 0 Å². The van der Waals surface area contributed by atoms with E-state index in [0.717, 1.165) is 25.0 Å². The predicted molar refractivity (Wildman–Crippen MR) is 112 cm³/mol. The first-order valence-corrected chi connectivity index (χ1v) is 10.3. The third-order valence-corrected chi connectivity index (χ3v) is 5.03. The largest absolute Gasteiger partial charge is 0.493 e. The van der Waals surface area contributed by atoms with Gasteiger partial charge in [-0.2, -0.15) is 0 Å². The number of nitrogens with zero attached hydrogens (tertiary/aromatic N) is 1. The molecule has 1 aromatic rings. The van der Waals surface area contributed by atoms with Crippen LogP contribution in [0.5, 0.6) is 11.5 Å². The second-order valence-electron chi connectivity index (χ2n) is 7.01. The number of carbonyl (C=O) groups is 1. The number of nitrogens with one attached hydrogen (secondary N) is 2. The van der Waals surface area contributed by atoms with E-state index in [1.54, 1.807) is 6.07 Å². The number of benzene rings is 1. The molecule has 0 amide bonds. The van der Waals surface area contributed by atoms with Gasteiger partial charge in [-0.15, -0.1) is 0 Å². The van der Waals surface area contributed by atoms with E-state index in [1.807, 2.05) is 13.8 Å². The summed E-state index contributed by atoms with van der Waals surface area (Å²) in [5.41, 5.74) is 1.71. The first-order chi connectivity index (χ1) is 14.0. The molecule has 1 aliphatic heterocycles. The van der Waals surface area contributed by atoms with Crippen molar-refractivity contribution in [3.63, 3.8) is 0 Å². The summed E-state index contributed by atoms with van der Waals surface area (Å²) in [7, 11) is 0. The molecular weight excluding hydrogens is 394 g/mol. The molecule has 0 fully saturated rings. The topological polar surface area (TPSA) is 103 Å². The van der Waals surface area contributed by atoms with Crippen molar-refractivity contribution in [3.8, 4) is 11.5 Å². The molecule has 0 saturated heterocycles. The molecule has 0 bridgehead atoms. The van der Waals surface area contributed by atoms with Gasteiger partial charge in [0.25, 0.3) is 0 Å². The molecule has 1 aromatic carbocycles. The number of nitro groups is 1. The summed E-state index contributed by atoms with van der Waals surface area (Å²) >= 11 is 5.32. The van der Waals surface area contributed by atoms with Gasteiger partial charge in [0.05, 0.1) is 24.2 Å². The van der Waals surface area contributed by atoms with Gasteiger partial charge in [0.15, 0.2) is 10.9 Å². The summed E-state index contributed by atoms with van der Waals surface area (Å²) < 4.78 is 11.5. The fourth-order valence-electron chi connectivity index (χ4n) is 3.54. The highest BCUT2D eigenvalue weighted by molar-refractivity contribution is 7.80. The molecule has 0 radical (unpaired) electrons. The van der Waals surface area contributed by atoms with Gasteiger partial charge in [0.2, 0.25) is 5.75 Å². The van der Waals surface area contributed by atoms with Crippen molar-refractivity contribution in [3.05, 3.63) is 39.1 Å². The van der Waals surface area contributed by atoms with E-state index in [0.29, 0.717) is 48.1 Å². The van der Waals surface area contributed by atoms with Gasteiger partial charge in [-0.05, 0) is 37.9 Å². The lowest BCUT2D eigenvalue weighted by Gasteiger charge is -2.34. The number of Topliss-reactive ketones (excluding diaryl/α,β-unsaturated/α-hetero) is 1. The van der Waals surface area contributed by atoms with Crippen molar-refractivity contribution in [2.75, 3.05) is 13.2 Å². The fraction of sp³-hybridized carbons (Fsp3) is 0.500. The van der Waals surface area contributed by atoms with Gasteiger partial charge in [-0.3, -0.25) is 14.9 Å². The number of carbonyl (C=O) groups excluding carboxylic acids is 1. The molecular formula is C20H25N3O5S. The Kier molecular flexibility index (Phi) is 6.68. The van der Waals surface area contributed by atoms with Crippen molar-refractivity contribution in [1.82, 2.24) is 10.6 Å². The quantitative estimate of drug-likeness (QED) is 0.374. The summed E-state index contributed by atoms with van der Waals surface area (Å²) in [6.07, 6.45) is 3.40. The maximum atomic E-state index is 12.7. The molecule has 156 valence electrons. The zero-order chi connectivity index (χ0) is 21.0. The lowest BCUT2D eigenvalue weighted by Crippen LogP contribution is -2.46. The number of hydrogen-bond acceptors (Lipinski definition) is 6. The molecule has 3 rings (SSSR count). The van der Waals surface area contributed by atoms with Crippen LogP contribution in [0.25, 0.3) is 0 Å². The molecule has 8 nitrogen and oxygen atoms in total. The molecule has 1 unspecified atom stereocenters. The Morgan fingerprint density at radius 1 is 1.17 bits per heavy atom. The molecule has 0 saturated carbocycles. The molecule has 9 heteroatoms. The summed E-state index contributed by atoms with van der Waals surface area (Å²) in [5.74, 6) is 0.623. The minimum atomic E-state index is -0.600. The van der Waals surface area contributed by atoms with Crippen LogP contribution in [0.15, 0.2) is 23.4 Å². The minimum absolute atomic E-state index is 0.00848. The second-order valence-corrected chi connectivity index (χ2v) is 7.42. The number of ketones is 1. The average molecular weight is 420 g/mol. The normalized spacial score (nSPS) is 18.6. The van der Waals surface area contributed by atoms with Crippen LogP contribution in [0, 0.1) is 10.1 Å². The van der Waals surface area contributed by atoms with Gasteiger partial charge in [0, 0.05) is 35.4 Å². The van der Waals surface area contributed by atoms with Crippen LogP contribution in [0.4, 0.5) is 5.69 Å². The average Bonchev–Trinajstić information content (AvgIpc) is 2.69. The van der Waals surface area contributed by atoms with E-state index < -0.39 is 11.0 Å². The highest BCUT2D eigenvalue weighted by Gasteiger charge is 2.36. The molecule has 2 aliphatic rings. The van der Waals surface area contributed by atoms with Crippen molar-refractivity contribution in [1.29, 1.82) is 0 Å². The Labute approximate surface area is 174 Å². The van der Waals surface area contributed by atoms with Crippen LogP contribution >= 0.6 is 12.2 Å². The maximum Gasteiger partial charge on any atom is 0.311 e. The smallest absolute Gasteiger partial charge is 0.311 e. The standard InChI is InChI=1S/C20H25N3O5S/c1-3-8-27-16-11-17(28-9-4-2)14(23(25)26)10-12(16)19-18-13(21-20(29)22-19)6-5-7-15(18)24/h10-11,19H,3-9H2,1-2H3,(H2,21,22,29). The summed E-state index contributed by atoms with van der Waals surface area (Å²) in [6.45, 7) is 4.70. The zero-order valence-electron chi connectivity index (χ0n) is 16.6. The van der Waals surface area contributed by atoms with E-state index >= 15 is 0 Å². The number of allylic oxidation sites excluding steroid dienone is 1. The third kappa shape index (κ3) is 4.50.